The van der Waals surface area contributed by atoms with Gasteiger partial charge in [0.1, 0.15) is 22.8 Å². The van der Waals surface area contributed by atoms with E-state index in [1.54, 1.807) is 37.4 Å². The largest absolute Gasteiger partial charge is 0.497 e. The summed E-state index contributed by atoms with van der Waals surface area (Å²) < 4.78 is 20.6. The fraction of sp³-hybridized carbons (Fsp3) is 0.222. The van der Waals surface area contributed by atoms with E-state index in [-0.39, 0.29) is 10.9 Å². The van der Waals surface area contributed by atoms with Crippen LogP contribution < -0.4 is 21.5 Å². The predicted octanol–water partition coefficient (Wildman–Crippen LogP) is 2.83. The van der Waals surface area contributed by atoms with E-state index >= 15 is 0 Å². The van der Waals surface area contributed by atoms with Crippen LogP contribution in [0, 0.1) is 5.82 Å². The number of methoxy groups -OCH3 is 1. The molecule has 1 atom stereocenters. The molecular formula is C18H19FN4O2. The second-order valence-corrected chi connectivity index (χ2v) is 5.60. The summed E-state index contributed by atoms with van der Waals surface area (Å²) in [7, 11) is 1.55. The molecule has 1 aromatic heterocycles. The number of fused-ring (bicyclic) bond motifs is 1. The molecule has 3 N–H and O–H groups in total. The summed E-state index contributed by atoms with van der Waals surface area (Å²) in [5, 5.41) is -0.0788. The van der Waals surface area contributed by atoms with Gasteiger partial charge >= 0.3 is 0 Å². The molecule has 2 aromatic carbocycles. The minimum absolute atomic E-state index is 0.0788. The number of nitrogens with zero attached hydrogens (tertiary/aromatic N) is 2. The maximum atomic E-state index is 14.2. The van der Waals surface area contributed by atoms with Gasteiger partial charge in [-0.25, -0.2) is 14.1 Å². The zero-order chi connectivity index (χ0) is 18.0. The summed E-state index contributed by atoms with van der Waals surface area (Å²) in [4.78, 5) is 17.3. The average Bonchev–Trinajstić information content (AvgIpc) is 2.63. The number of halogens is 1. The zero-order valence-electron chi connectivity index (χ0n) is 14.0. The highest BCUT2D eigenvalue weighted by atomic mass is 19.1. The maximum Gasteiger partial charge on any atom is 0.283 e. The standard InChI is InChI=1S/C18H19FN4O2/c1-3-14(20)17-21-15-9-5-8-13(19)16(15)18(24)23(17)22-11-6-4-7-12(10-11)25-2/h4-10,14,22H,3,20H2,1-2H3/t14-/m0/s1. The minimum Gasteiger partial charge on any atom is -0.497 e. The van der Waals surface area contributed by atoms with Crippen LogP contribution in [0.4, 0.5) is 10.1 Å². The number of nitrogens with two attached hydrogens (primary N) is 1. The van der Waals surface area contributed by atoms with Crippen molar-refractivity contribution < 1.29 is 9.13 Å². The molecule has 0 spiro atoms. The number of benzene rings is 2. The molecule has 7 heteroatoms. The Morgan fingerprint density at radius 2 is 2.08 bits per heavy atom. The zero-order valence-corrected chi connectivity index (χ0v) is 14.0. The van der Waals surface area contributed by atoms with E-state index in [9.17, 15) is 9.18 Å². The number of aromatic nitrogens is 2. The number of ether oxygens (including phenoxy) is 1. The van der Waals surface area contributed by atoms with Crippen molar-refractivity contribution >= 4 is 16.6 Å². The molecule has 0 fully saturated rings. The van der Waals surface area contributed by atoms with Gasteiger partial charge < -0.3 is 10.5 Å². The van der Waals surface area contributed by atoms with Crippen molar-refractivity contribution in [2.45, 2.75) is 19.4 Å². The maximum absolute atomic E-state index is 14.2. The van der Waals surface area contributed by atoms with Crippen LogP contribution in [0.3, 0.4) is 0 Å². The van der Waals surface area contributed by atoms with Crippen molar-refractivity contribution in [3.63, 3.8) is 0 Å². The molecule has 25 heavy (non-hydrogen) atoms. The minimum atomic E-state index is -0.618. The molecule has 1 heterocycles. The normalized spacial score (nSPS) is 12.2. The van der Waals surface area contributed by atoms with Crippen LogP contribution in [0.2, 0.25) is 0 Å². The molecule has 0 amide bonds. The third-order valence-corrected chi connectivity index (χ3v) is 3.95. The third-order valence-electron chi connectivity index (χ3n) is 3.95. The lowest BCUT2D eigenvalue weighted by Crippen LogP contribution is -2.34. The monoisotopic (exact) mass is 342 g/mol. The van der Waals surface area contributed by atoms with Crippen LogP contribution in [0.25, 0.3) is 10.9 Å². The molecule has 0 aliphatic rings. The summed E-state index contributed by atoms with van der Waals surface area (Å²) in [5.41, 5.74) is 9.44. The van der Waals surface area contributed by atoms with Crippen LogP contribution in [-0.4, -0.2) is 16.8 Å². The van der Waals surface area contributed by atoms with Gasteiger partial charge in [-0.1, -0.05) is 19.1 Å². The molecular weight excluding hydrogens is 323 g/mol. The van der Waals surface area contributed by atoms with Crippen molar-refractivity contribution in [2.75, 3.05) is 12.5 Å². The smallest absolute Gasteiger partial charge is 0.283 e. The first-order valence-corrected chi connectivity index (χ1v) is 7.93. The van der Waals surface area contributed by atoms with Crippen LogP contribution in [0.15, 0.2) is 47.3 Å². The molecule has 0 unspecified atom stereocenters. The van der Waals surface area contributed by atoms with Crippen LogP contribution >= 0.6 is 0 Å². The lowest BCUT2D eigenvalue weighted by atomic mass is 10.2. The highest BCUT2D eigenvalue weighted by Crippen LogP contribution is 2.20. The van der Waals surface area contributed by atoms with Gasteiger partial charge in [-0.15, -0.1) is 0 Å². The molecule has 0 aliphatic carbocycles. The molecule has 0 bridgehead atoms. The highest BCUT2D eigenvalue weighted by Gasteiger charge is 2.18. The third kappa shape index (κ3) is 3.18. The number of nitrogens with one attached hydrogen (secondary N) is 1. The van der Waals surface area contributed by atoms with Crippen molar-refractivity contribution in [3.8, 4) is 5.75 Å². The van der Waals surface area contributed by atoms with Crippen LogP contribution in [-0.2, 0) is 0 Å². The highest BCUT2D eigenvalue weighted by molar-refractivity contribution is 5.78. The van der Waals surface area contributed by atoms with E-state index in [1.807, 2.05) is 6.92 Å². The molecule has 3 rings (SSSR count). The van der Waals surface area contributed by atoms with Gasteiger partial charge in [-0.05, 0) is 30.7 Å². The fourth-order valence-corrected chi connectivity index (χ4v) is 2.57. The Balaban J connectivity index is 2.22. The molecule has 6 nitrogen and oxygen atoms in total. The van der Waals surface area contributed by atoms with E-state index in [2.05, 4.69) is 10.4 Å². The Morgan fingerprint density at radius 1 is 1.32 bits per heavy atom. The molecule has 130 valence electrons. The number of hydrogen-bond acceptors (Lipinski definition) is 5. The molecule has 0 aliphatic heterocycles. The average molecular weight is 342 g/mol. The second-order valence-electron chi connectivity index (χ2n) is 5.60. The Kier molecular flexibility index (Phi) is 4.67. The summed E-state index contributed by atoms with van der Waals surface area (Å²) in [6.07, 6.45) is 0.576. The van der Waals surface area contributed by atoms with Crippen molar-refractivity contribution in [2.24, 2.45) is 5.73 Å². The van der Waals surface area contributed by atoms with Crippen molar-refractivity contribution in [1.29, 1.82) is 0 Å². The number of hydrogen-bond donors (Lipinski definition) is 2. The number of anilines is 1. The van der Waals surface area contributed by atoms with E-state index < -0.39 is 17.4 Å². The Bertz CT molecular complexity index is 971. The molecule has 3 aromatic rings. The summed E-state index contributed by atoms with van der Waals surface area (Å²) >= 11 is 0. The van der Waals surface area contributed by atoms with E-state index in [0.717, 1.165) is 0 Å². The SMILES string of the molecule is CC[C@H](N)c1nc2cccc(F)c2c(=O)n1Nc1cccc(OC)c1. The van der Waals surface area contributed by atoms with E-state index in [0.29, 0.717) is 23.7 Å². The molecule has 0 saturated heterocycles. The van der Waals surface area contributed by atoms with Crippen molar-refractivity contribution in [3.05, 3.63) is 64.5 Å². The van der Waals surface area contributed by atoms with Gasteiger partial charge in [0.25, 0.3) is 5.56 Å². The van der Waals surface area contributed by atoms with Crippen molar-refractivity contribution in [1.82, 2.24) is 9.66 Å². The molecule has 0 radical (unpaired) electrons. The Morgan fingerprint density at radius 3 is 2.80 bits per heavy atom. The van der Waals surface area contributed by atoms with Crippen LogP contribution in [0.1, 0.15) is 25.2 Å². The first kappa shape index (κ1) is 16.9. The van der Waals surface area contributed by atoms with Crippen LogP contribution in [0.5, 0.6) is 5.75 Å². The van der Waals surface area contributed by atoms with Gasteiger partial charge in [-0.3, -0.25) is 10.2 Å². The van der Waals surface area contributed by atoms with E-state index in [4.69, 9.17) is 10.5 Å². The Hall–Kier alpha value is -2.93. The Labute approximate surface area is 144 Å². The summed E-state index contributed by atoms with van der Waals surface area (Å²) in [5.74, 6) is 0.348. The molecule has 0 saturated carbocycles. The predicted molar refractivity (Wildman–Crippen MR) is 95.2 cm³/mol. The van der Waals surface area contributed by atoms with Gasteiger partial charge in [0.05, 0.1) is 24.4 Å². The lowest BCUT2D eigenvalue weighted by molar-refractivity contribution is 0.415. The van der Waals surface area contributed by atoms with E-state index in [1.165, 1.54) is 16.8 Å². The first-order valence-electron chi connectivity index (χ1n) is 7.93. The fourth-order valence-electron chi connectivity index (χ4n) is 2.57. The first-order chi connectivity index (χ1) is 12.0. The lowest BCUT2D eigenvalue weighted by Gasteiger charge is -2.19. The van der Waals surface area contributed by atoms with Gasteiger partial charge in [-0.2, -0.15) is 0 Å². The quantitative estimate of drug-likeness (QED) is 0.745. The van der Waals surface area contributed by atoms with Gasteiger partial charge in [0, 0.05) is 6.07 Å². The summed E-state index contributed by atoms with van der Waals surface area (Å²) in [6, 6.07) is 10.9. The summed E-state index contributed by atoms with van der Waals surface area (Å²) in [6.45, 7) is 1.89. The number of rotatable bonds is 5. The topological polar surface area (TPSA) is 82.2 Å². The van der Waals surface area contributed by atoms with Gasteiger partial charge in [0.15, 0.2) is 0 Å². The second kappa shape index (κ2) is 6.90. The van der Waals surface area contributed by atoms with Gasteiger partial charge in [0.2, 0.25) is 0 Å².